The number of piperidine rings is 1. The molecule has 1 saturated heterocycles. The van der Waals surface area contributed by atoms with Crippen LogP contribution in [0.5, 0.6) is 0 Å². The van der Waals surface area contributed by atoms with Crippen LogP contribution < -0.4 is 10.2 Å². The first kappa shape index (κ1) is 15.3. The Bertz CT molecular complexity index is 363. The second-order valence-electron chi connectivity index (χ2n) is 5.85. The van der Waals surface area contributed by atoms with E-state index >= 15 is 0 Å². The van der Waals surface area contributed by atoms with Crippen LogP contribution in [-0.2, 0) is 0 Å². The molecule has 4 nitrogen and oxygen atoms in total. The van der Waals surface area contributed by atoms with Crippen molar-refractivity contribution in [2.45, 2.75) is 38.6 Å². The summed E-state index contributed by atoms with van der Waals surface area (Å²) in [5.41, 5.74) is 1.29. The van der Waals surface area contributed by atoms with Crippen LogP contribution in [0.3, 0.4) is 0 Å². The van der Waals surface area contributed by atoms with Crippen LogP contribution in [0.2, 0.25) is 0 Å². The smallest absolute Gasteiger partial charge is 0.0456 e. The highest BCUT2D eigenvalue weighted by atomic mass is 16.3. The first-order chi connectivity index (χ1) is 9.79. The van der Waals surface area contributed by atoms with Crippen LogP contribution >= 0.6 is 0 Å². The van der Waals surface area contributed by atoms with E-state index < -0.39 is 0 Å². The summed E-state index contributed by atoms with van der Waals surface area (Å²) in [4.78, 5) is 6.51. The molecule has 0 radical (unpaired) electrons. The van der Waals surface area contributed by atoms with Gasteiger partial charge in [-0.3, -0.25) is 4.98 Å². The number of aliphatic hydroxyl groups excluding tert-OH is 1. The van der Waals surface area contributed by atoms with Gasteiger partial charge in [0.15, 0.2) is 0 Å². The van der Waals surface area contributed by atoms with E-state index in [4.69, 9.17) is 5.11 Å². The number of hydrogen-bond donors (Lipinski definition) is 2. The molecule has 0 aromatic carbocycles. The van der Waals surface area contributed by atoms with Gasteiger partial charge in [0.2, 0.25) is 0 Å². The fourth-order valence-corrected chi connectivity index (χ4v) is 2.74. The van der Waals surface area contributed by atoms with Crippen molar-refractivity contribution in [2.75, 3.05) is 31.1 Å². The number of anilines is 1. The molecule has 1 atom stereocenters. The zero-order valence-corrected chi connectivity index (χ0v) is 12.5. The minimum atomic E-state index is 0.310. The zero-order valence-electron chi connectivity index (χ0n) is 12.5. The summed E-state index contributed by atoms with van der Waals surface area (Å²) < 4.78 is 0. The first-order valence-corrected chi connectivity index (χ1v) is 7.79. The van der Waals surface area contributed by atoms with Crippen molar-refractivity contribution in [3.05, 3.63) is 24.5 Å². The Morgan fingerprint density at radius 2 is 2.05 bits per heavy atom. The van der Waals surface area contributed by atoms with Gasteiger partial charge in [-0.05, 0) is 50.3 Å². The Kier molecular flexibility index (Phi) is 6.27. The summed E-state index contributed by atoms with van der Waals surface area (Å²) in [5.74, 6) is 0.435. The standard InChI is InChI=1S/C16H27N3O/c1-14(13-20)3-2-8-18-15-6-11-19(12-7-15)16-4-9-17-10-5-16/h4-5,9-10,14-15,18,20H,2-3,6-8,11-13H2,1H3. The van der Waals surface area contributed by atoms with Crippen LogP contribution in [0.1, 0.15) is 32.6 Å². The van der Waals surface area contributed by atoms with Crippen LogP contribution in [0.15, 0.2) is 24.5 Å². The maximum atomic E-state index is 8.99. The van der Waals surface area contributed by atoms with Gasteiger partial charge in [0.05, 0.1) is 0 Å². The Morgan fingerprint density at radius 3 is 2.70 bits per heavy atom. The molecule has 20 heavy (non-hydrogen) atoms. The van der Waals surface area contributed by atoms with E-state index in [-0.39, 0.29) is 0 Å². The second kappa shape index (κ2) is 8.22. The third-order valence-electron chi connectivity index (χ3n) is 4.14. The molecule has 0 aliphatic carbocycles. The molecule has 1 aromatic heterocycles. The van der Waals surface area contributed by atoms with Gasteiger partial charge in [-0.2, -0.15) is 0 Å². The zero-order chi connectivity index (χ0) is 14.2. The highest BCUT2D eigenvalue weighted by Crippen LogP contribution is 2.18. The lowest BCUT2D eigenvalue weighted by atomic mass is 10.0. The van der Waals surface area contributed by atoms with Crippen LogP contribution in [0.4, 0.5) is 5.69 Å². The molecular formula is C16H27N3O. The lowest BCUT2D eigenvalue weighted by molar-refractivity contribution is 0.227. The lowest BCUT2D eigenvalue weighted by Gasteiger charge is -2.34. The van der Waals surface area contributed by atoms with Crippen LogP contribution in [0, 0.1) is 5.92 Å². The predicted octanol–water partition coefficient (Wildman–Crippen LogP) is 2.05. The number of nitrogens with one attached hydrogen (secondary N) is 1. The Balaban J connectivity index is 1.62. The van der Waals surface area contributed by atoms with E-state index in [1.807, 2.05) is 12.4 Å². The highest BCUT2D eigenvalue weighted by Gasteiger charge is 2.18. The van der Waals surface area contributed by atoms with Gasteiger partial charge < -0.3 is 15.3 Å². The van der Waals surface area contributed by atoms with Crippen molar-refractivity contribution in [1.82, 2.24) is 10.3 Å². The number of hydrogen-bond acceptors (Lipinski definition) is 4. The average molecular weight is 277 g/mol. The minimum absolute atomic E-state index is 0.310. The summed E-state index contributed by atoms with van der Waals surface area (Å²) >= 11 is 0. The molecule has 0 saturated carbocycles. The van der Waals surface area contributed by atoms with E-state index in [0.29, 0.717) is 18.6 Å². The third-order valence-corrected chi connectivity index (χ3v) is 4.14. The van der Waals surface area contributed by atoms with Crippen molar-refractivity contribution in [2.24, 2.45) is 5.92 Å². The predicted molar refractivity (Wildman–Crippen MR) is 83.0 cm³/mol. The van der Waals surface area contributed by atoms with Crippen LogP contribution in [0.25, 0.3) is 0 Å². The largest absolute Gasteiger partial charge is 0.396 e. The normalized spacial score (nSPS) is 18.2. The third kappa shape index (κ3) is 4.76. The Labute approximate surface area is 122 Å². The fourth-order valence-electron chi connectivity index (χ4n) is 2.74. The van der Waals surface area contributed by atoms with E-state index in [0.717, 1.165) is 32.5 Å². The lowest BCUT2D eigenvalue weighted by Crippen LogP contribution is -2.42. The molecule has 1 aliphatic heterocycles. The summed E-state index contributed by atoms with van der Waals surface area (Å²) in [6.07, 6.45) is 8.41. The molecule has 2 rings (SSSR count). The van der Waals surface area contributed by atoms with Gasteiger partial charge in [-0.25, -0.2) is 0 Å². The van der Waals surface area contributed by atoms with Gasteiger partial charge in [0.1, 0.15) is 0 Å². The highest BCUT2D eigenvalue weighted by molar-refractivity contribution is 5.44. The fraction of sp³-hybridized carbons (Fsp3) is 0.688. The van der Waals surface area contributed by atoms with Gasteiger partial charge in [0, 0.05) is 43.8 Å². The number of nitrogens with zero attached hydrogens (tertiary/aromatic N) is 2. The molecule has 112 valence electrons. The molecule has 1 fully saturated rings. The Morgan fingerprint density at radius 1 is 1.35 bits per heavy atom. The van der Waals surface area contributed by atoms with Crippen molar-refractivity contribution < 1.29 is 5.11 Å². The summed E-state index contributed by atoms with van der Waals surface area (Å²) in [6.45, 7) is 5.73. The van der Waals surface area contributed by atoms with E-state index in [9.17, 15) is 0 Å². The quantitative estimate of drug-likeness (QED) is 0.749. The Hall–Kier alpha value is -1.13. The maximum Gasteiger partial charge on any atom is 0.0456 e. The number of pyridine rings is 1. The van der Waals surface area contributed by atoms with E-state index in [1.165, 1.54) is 18.5 Å². The molecule has 0 spiro atoms. The molecule has 1 aliphatic rings. The van der Waals surface area contributed by atoms with Gasteiger partial charge in [-0.1, -0.05) is 6.92 Å². The molecule has 2 N–H and O–H groups in total. The summed E-state index contributed by atoms with van der Waals surface area (Å²) in [5, 5.41) is 12.6. The monoisotopic (exact) mass is 277 g/mol. The van der Waals surface area contributed by atoms with Crippen molar-refractivity contribution in [3.63, 3.8) is 0 Å². The van der Waals surface area contributed by atoms with Gasteiger partial charge >= 0.3 is 0 Å². The first-order valence-electron chi connectivity index (χ1n) is 7.79. The number of aromatic nitrogens is 1. The van der Waals surface area contributed by atoms with Gasteiger partial charge in [-0.15, -0.1) is 0 Å². The summed E-state index contributed by atoms with van der Waals surface area (Å²) in [6, 6.07) is 4.83. The molecule has 0 bridgehead atoms. The van der Waals surface area contributed by atoms with E-state index in [1.54, 1.807) is 0 Å². The van der Waals surface area contributed by atoms with Gasteiger partial charge in [0.25, 0.3) is 0 Å². The molecule has 2 heterocycles. The topological polar surface area (TPSA) is 48.4 Å². The van der Waals surface area contributed by atoms with Crippen molar-refractivity contribution >= 4 is 5.69 Å². The molecule has 1 unspecified atom stereocenters. The minimum Gasteiger partial charge on any atom is -0.396 e. The average Bonchev–Trinajstić information content (AvgIpc) is 2.52. The van der Waals surface area contributed by atoms with Crippen molar-refractivity contribution in [3.8, 4) is 0 Å². The molecule has 1 aromatic rings. The number of aliphatic hydroxyl groups is 1. The molecule has 0 amide bonds. The number of rotatable bonds is 7. The SMILES string of the molecule is CC(CO)CCCNC1CCN(c2ccncc2)CC1. The molecule has 4 heteroatoms. The van der Waals surface area contributed by atoms with Crippen molar-refractivity contribution in [1.29, 1.82) is 0 Å². The van der Waals surface area contributed by atoms with Crippen LogP contribution in [-0.4, -0.2) is 42.4 Å². The molecular weight excluding hydrogens is 250 g/mol. The summed E-state index contributed by atoms with van der Waals surface area (Å²) in [7, 11) is 0. The maximum absolute atomic E-state index is 8.99. The second-order valence-corrected chi connectivity index (χ2v) is 5.85. The van der Waals surface area contributed by atoms with E-state index in [2.05, 4.69) is 34.3 Å².